The van der Waals surface area contributed by atoms with Gasteiger partial charge < -0.3 is 4.90 Å². The van der Waals surface area contributed by atoms with Crippen molar-refractivity contribution in [3.05, 3.63) is 47.0 Å². The van der Waals surface area contributed by atoms with Crippen molar-refractivity contribution in [3.63, 3.8) is 0 Å². The molecule has 144 valence electrons. The molecule has 2 saturated heterocycles. The number of carbonyl (C=O) groups excluding carboxylic acids is 1. The molecule has 0 saturated carbocycles. The van der Waals surface area contributed by atoms with E-state index < -0.39 is 0 Å². The number of hydrogen-bond donors (Lipinski definition) is 0. The van der Waals surface area contributed by atoms with Gasteiger partial charge in [-0.1, -0.05) is 48.7 Å². The molecule has 6 heteroatoms. The molecule has 1 amide bonds. The van der Waals surface area contributed by atoms with Crippen LogP contribution in [0, 0.1) is 11.8 Å². The van der Waals surface area contributed by atoms with Crippen molar-refractivity contribution in [2.24, 2.45) is 11.8 Å². The topological polar surface area (TPSA) is 49.3 Å². The zero-order chi connectivity index (χ0) is 18.8. The van der Waals surface area contributed by atoms with E-state index >= 15 is 0 Å². The second kappa shape index (κ2) is 8.07. The lowest BCUT2D eigenvalue weighted by molar-refractivity contribution is -0.132. The van der Waals surface area contributed by atoms with Gasteiger partial charge in [-0.25, -0.2) is 0 Å². The summed E-state index contributed by atoms with van der Waals surface area (Å²) < 4.78 is 4.06. The summed E-state index contributed by atoms with van der Waals surface area (Å²) >= 11 is 1.39. The Morgan fingerprint density at radius 1 is 1.07 bits per heavy atom. The van der Waals surface area contributed by atoms with Gasteiger partial charge in [-0.2, -0.15) is 0 Å². The minimum Gasteiger partial charge on any atom is -0.340 e. The van der Waals surface area contributed by atoms with Gasteiger partial charge in [0.2, 0.25) is 5.91 Å². The summed E-state index contributed by atoms with van der Waals surface area (Å²) in [4.78, 5) is 17.5. The van der Waals surface area contributed by atoms with Crippen molar-refractivity contribution >= 4 is 17.4 Å². The zero-order valence-electron chi connectivity index (χ0n) is 16.1. The molecule has 1 aromatic carbocycles. The fourth-order valence-electron chi connectivity index (χ4n) is 4.89. The summed E-state index contributed by atoms with van der Waals surface area (Å²) in [6, 6.07) is 10.5. The van der Waals surface area contributed by atoms with Crippen LogP contribution in [0.2, 0.25) is 0 Å². The molecule has 0 unspecified atom stereocenters. The molecule has 2 aliphatic rings. The summed E-state index contributed by atoms with van der Waals surface area (Å²) in [7, 11) is 0. The van der Waals surface area contributed by atoms with Gasteiger partial charge in [-0.15, -0.1) is 5.10 Å². The van der Waals surface area contributed by atoms with E-state index in [-0.39, 0.29) is 11.8 Å². The number of benzene rings is 1. The second-order valence-electron chi connectivity index (χ2n) is 8.39. The fraction of sp³-hybridized carbons (Fsp3) is 0.571. The van der Waals surface area contributed by atoms with Crippen molar-refractivity contribution in [1.82, 2.24) is 19.4 Å². The normalized spacial score (nSPS) is 29.2. The number of amides is 1. The lowest BCUT2D eigenvalue weighted by Crippen LogP contribution is -2.45. The standard InChI is InChI=1S/C21H28N4OS/c1-15-8-16(2)10-24(9-15)13-21(26)25-11-18(17-6-4-3-5-7-17)19(12-25)20-14-27-23-22-20/h3-7,14-16,18-19H,8-13H2,1-2H3/t15-,16-,18+,19-/m1/s1. The summed E-state index contributed by atoms with van der Waals surface area (Å²) in [6.07, 6.45) is 1.27. The highest BCUT2D eigenvalue weighted by molar-refractivity contribution is 7.03. The van der Waals surface area contributed by atoms with Gasteiger partial charge in [0, 0.05) is 43.4 Å². The first-order valence-electron chi connectivity index (χ1n) is 9.92. The van der Waals surface area contributed by atoms with Crippen LogP contribution in [0.15, 0.2) is 35.7 Å². The predicted molar refractivity (Wildman–Crippen MR) is 108 cm³/mol. The van der Waals surface area contributed by atoms with Crippen LogP contribution in [0.5, 0.6) is 0 Å². The van der Waals surface area contributed by atoms with Crippen LogP contribution >= 0.6 is 11.5 Å². The van der Waals surface area contributed by atoms with Crippen molar-refractivity contribution in [2.45, 2.75) is 32.1 Å². The highest BCUT2D eigenvalue weighted by Gasteiger charge is 2.38. The smallest absolute Gasteiger partial charge is 0.236 e. The van der Waals surface area contributed by atoms with Gasteiger partial charge in [0.1, 0.15) is 0 Å². The van der Waals surface area contributed by atoms with Crippen LogP contribution in [-0.2, 0) is 4.79 Å². The largest absolute Gasteiger partial charge is 0.340 e. The average Bonchev–Trinajstić information content (AvgIpc) is 3.31. The van der Waals surface area contributed by atoms with Crippen molar-refractivity contribution in [1.29, 1.82) is 0 Å². The first-order chi connectivity index (χ1) is 13.1. The number of piperidine rings is 1. The third-order valence-corrected chi connectivity index (χ3v) is 6.48. The van der Waals surface area contributed by atoms with E-state index in [0.29, 0.717) is 24.3 Å². The Balaban J connectivity index is 1.48. The number of hydrogen-bond acceptors (Lipinski definition) is 5. The van der Waals surface area contributed by atoms with Gasteiger partial charge >= 0.3 is 0 Å². The molecule has 2 aromatic rings. The molecule has 0 aliphatic carbocycles. The molecule has 0 spiro atoms. The van der Waals surface area contributed by atoms with E-state index in [1.807, 2.05) is 16.3 Å². The van der Waals surface area contributed by atoms with E-state index in [9.17, 15) is 4.79 Å². The van der Waals surface area contributed by atoms with Gasteiger partial charge in [0.15, 0.2) is 0 Å². The van der Waals surface area contributed by atoms with E-state index in [1.165, 1.54) is 23.5 Å². The van der Waals surface area contributed by atoms with E-state index in [1.54, 1.807) is 0 Å². The number of aromatic nitrogens is 2. The maximum Gasteiger partial charge on any atom is 0.236 e. The lowest BCUT2D eigenvalue weighted by atomic mass is 9.87. The lowest BCUT2D eigenvalue weighted by Gasteiger charge is -2.35. The monoisotopic (exact) mass is 384 g/mol. The van der Waals surface area contributed by atoms with E-state index in [0.717, 1.165) is 31.9 Å². The van der Waals surface area contributed by atoms with E-state index in [4.69, 9.17) is 0 Å². The van der Waals surface area contributed by atoms with Gasteiger partial charge in [-0.3, -0.25) is 9.69 Å². The molecular formula is C21H28N4OS. The van der Waals surface area contributed by atoms with Crippen molar-refractivity contribution in [3.8, 4) is 0 Å². The molecule has 0 N–H and O–H groups in total. The maximum atomic E-state index is 13.1. The third-order valence-electron chi connectivity index (χ3n) is 5.96. The molecule has 1 aromatic heterocycles. The number of carbonyl (C=O) groups is 1. The Morgan fingerprint density at radius 3 is 2.44 bits per heavy atom. The molecular weight excluding hydrogens is 356 g/mol. The molecule has 3 heterocycles. The molecule has 0 radical (unpaired) electrons. The molecule has 4 rings (SSSR count). The van der Waals surface area contributed by atoms with Crippen LogP contribution in [0.25, 0.3) is 0 Å². The van der Waals surface area contributed by atoms with Crippen molar-refractivity contribution in [2.75, 3.05) is 32.7 Å². The van der Waals surface area contributed by atoms with Crippen LogP contribution in [-0.4, -0.2) is 58.0 Å². The quantitative estimate of drug-likeness (QED) is 0.812. The molecule has 27 heavy (non-hydrogen) atoms. The predicted octanol–water partition coefficient (Wildman–Crippen LogP) is 3.23. The van der Waals surface area contributed by atoms with Crippen molar-refractivity contribution < 1.29 is 4.79 Å². The Labute approximate surface area is 165 Å². The van der Waals surface area contributed by atoms with Gasteiger partial charge in [-0.05, 0) is 35.4 Å². The Morgan fingerprint density at radius 2 is 1.78 bits per heavy atom. The molecule has 2 aliphatic heterocycles. The molecule has 0 bridgehead atoms. The average molecular weight is 385 g/mol. The fourth-order valence-corrected chi connectivity index (χ4v) is 5.41. The summed E-state index contributed by atoms with van der Waals surface area (Å²) in [5.74, 6) is 2.12. The van der Waals surface area contributed by atoms with Gasteiger partial charge in [0.05, 0.1) is 12.2 Å². The molecule has 5 nitrogen and oxygen atoms in total. The number of nitrogens with zero attached hydrogens (tertiary/aromatic N) is 4. The van der Waals surface area contributed by atoms with Crippen LogP contribution in [0.1, 0.15) is 43.4 Å². The first kappa shape index (κ1) is 18.6. The highest BCUT2D eigenvalue weighted by Crippen LogP contribution is 2.39. The van der Waals surface area contributed by atoms with E-state index in [2.05, 4.69) is 52.6 Å². The third kappa shape index (κ3) is 4.22. The van der Waals surface area contributed by atoms with Crippen LogP contribution in [0.3, 0.4) is 0 Å². The summed E-state index contributed by atoms with van der Waals surface area (Å²) in [6.45, 7) is 8.70. The Bertz CT molecular complexity index is 741. The van der Waals surface area contributed by atoms with Crippen LogP contribution < -0.4 is 0 Å². The number of likely N-dealkylation sites (tertiary alicyclic amines) is 2. The first-order valence-corrected chi connectivity index (χ1v) is 10.8. The van der Waals surface area contributed by atoms with Gasteiger partial charge in [0.25, 0.3) is 0 Å². The minimum atomic E-state index is 0.231. The summed E-state index contributed by atoms with van der Waals surface area (Å²) in [5.41, 5.74) is 2.30. The molecule has 2 fully saturated rings. The Kier molecular flexibility index (Phi) is 5.55. The highest BCUT2D eigenvalue weighted by atomic mass is 32.1. The summed E-state index contributed by atoms with van der Waals surface area (Å²) in [5, 5.41) is 6.35. The minimum absolute atomic E-state index is 0.231. The zero-order valence-corrected chi connectivity index (χ0v) is 16.9. The number of rotatable bonds is 4. The second-order valence-corrected chi connectivity index (χ2v) is 9.00. The maximum absolute atomic E-state index is 13.1. The SMILES string of the molecule is C[C@@H]1C[C@@H](C)CN(CC(=O)N2C[C@@H](c3ccccc3)[C@H](c3csnn3)C2)C1. The Hall–Kier alpha value is -1.79. The van der Waals surface area contributed by atoms with Crippen LogP contribution in [0.4, 0.5) is 0 Å². The molecule has 4 atom stereocenters.